The smallest absolute Gasteiger partial charge is 0.407 e. The van der Waals surface area contributed by atoms with Gasteiger partial charge in [0.05, 0.1) is 15.7 Å². The summed E-state index contributed by atoms with van der Waals surface area (Å²) in [6.07, 6.45) is 0.277. The fraction of sp³-hybridized carbons (Fsp3) is 0.500. The number of rotatable bonds is 5. The Bertz CT molecular complexity index is 478. The molecule has 0 aliphatic carbocycles. The molecule has 0 bridgehead atoms. The van der Waals surface area contributed by atoms with Gasteiger partial charge in [0, 0.05) is 18.1 Å². The molecule has 1 aromatic carbocycles. The van der Waals surface area contributed by atoms with Crippen molar-refractivity contribution in [1.29, 1.82) is 0 Å². The van der Waals surface area contributed by atoms with Gasteiger partial charge in [-0.15, -0.1) is 0 Å². The van der Waals surface area contributed by atoms with Crippen molar-refractivity contribution in [3.05, 3.63) is 27.2 Å². The highest BCUT2D eigenvalue weighted by Crippen LogP contribution is 2.33. The zero-order valence-electron chi connectivity index (χ0n) is 12.2. The average molecular weight is 354 g/mol. The van der Waals surface area contributed by atoms with Crippen LogP contribution in [0.3, 0.4) is 0 Å². The summed E-state index contributed by atoms with van der Waals surface area (Å²) in [7, 11) is 0. The van der Waals surface area contributed by atoms with E-state index in [-0.39, 0.29) is 0 Å². The van der Waals surface area contributed by atoms with E-state index in [0.29, 0.717) is 40.3 Å². The van der Waals surface area contributed by atoms with Crippen LogP contribution in [0.2, 0.25) is 15.1 Å². The van der Waals surface area contributed by atoms with E-state index in [2.05, 4.69) is 10.6 Å². The molecule has 0 radical (unpaired) electrons. The highest BCUT2D eigenvalue weighted by molar-refractivity contribution is 6.41. The van der Waals surface area contributed by atoms with Gasteiger partial charge in [-0.2, -0.15) is 0 Å². The van der Waals surface area contributed by atoms with Gasteiger partial charge in [0.1, 0.15) is 5.60 Å². The number of amides is 1. The maximum absolute atomic E-state index is 11.4. The molecule has 7 heteroatoms. The summed E-state index contributed by atoms with van der Waals surface area (Å²) < 4.78 is 5.13. The molecule has 0 heterocycles. The van der Waals surface area contributed by atoms with Crippen molar-refractivity contribution < 1.29 is 9.53 Å². The lowest BCUT2D eigenvalue weighted by atomic mass is 10.2. The van der Waals surface area contributed by atoms with Crippen LogP contribution in [-0.2, 0) is 4.74 Å². The average Bonchev–Trinajstić information content (AvgIpc) is 2.29. The monoisotopic (exact) mass is 352 g/mol. The Morgan fingerprint density at radius 3 is 2.24 bits per heavy atom. The second-order valence-corrected chi connectivity index (χ2v) is 6.70. The van der Waals surface area contributed by atoms with Gasteiger partial charge in [0.25, 0.3) is 0 Å². The molecule has 118 valence electrons. The van der Waals surface area contributed by atoms with E-state index in [1.54, 1.807) is 12.1 Å². The predicted molar refractivity (Wildman–Crippen MR) is 88.8 cm³/mol. The van der Waals surface area contributed by atoms with E-state index in [4.69, 9.17) is 39.5 Å². The van der Waals surface area contributed by atoms with Crippen LogP contribution >= 0.6 is 34.8 Å². The molecular weight excluding hydrogens is 335 g/mol. The van der Waals surface area contributed by atoms with Crippen LogP contribution in [-0.4, -0.2) is 24.8 Å². The molecule has 0 aromatic heterocycles. The standard InChI is InChI=1S/C14H19Cl3N2O2/c1-14(2,3)21-13(20)19-6-4-5-18-12-10(16)7-9(15)8-11(12)17/h7-8,18H,4-6H2,1-3H3,(H,19,20). The molecule has 1 aromatic rings. The van der Waals surface area contributed by atoms with Crippen molar-refractivity contribution in [1.82, 2.24) is 5.32 Å². The molecule has 0 aliphatic rings. The second kappa shape index (κ2) is 7.97. The number of nitrogens with one attached hydrogen (secondary N) is 2. The number of carbonyl (C=O) groups excluding carboxylic acids is 1. The summed E-state index contributed by atoms with van der Waals surface area (Å²) in [6, 6.07) is 3.24. The molecule has 1 amide bonds. The van der Waals surface area contributed by atoms with E-state index < -0.39 is 11.7 Å². The van der Waals surface area contributed by atoms with Gasteiger partial charge >= 0.3 is 6.09 Å². The predicted octanol–water partition coefficient (Wildman–Crippen LogP) is 4.97. The van der Waals surface area contributed by atoms with Crippen molar-refractivity contribution in [3.63, 3.8) is 0 Å². The Morgan fingerprint density at radius 2 is 1.71 bits per heavy atom. The van der Waals surface area contributed by atoms with Gasteiger partial charge in [-0.1, -0.05) is 34.8 Å². The van der Waals surface area contributed by atoms with Crippen LogP contribution in [0.5, 0.6) is 0 Å². The summed E-state index contributed by atoms with van der Waals surface area (Å²) in [4.78, 5) is 11.4. The largest absolute Gasteiger partial charge is 0.444 e. The maximum atomic E-state index is 11.4. The van der Waals surface area contributed by atoms with Gasteiger partial charge in [-0.05, 0) is 39.3 Å². The van der Waals surface area contributed by atoms with E-state index in [1.807, 2.05) is 20.8 Å². The van der Waals surface area contributed by atoms with Crippen molar-refractivity contribution in [2.45, 2.75) is 32.8 Å². The molecular formula is C14H19Cl3N2O2. The molecule has 0 unspecified atom stereocenters. The van der Waals surface area contributed by atoms with E-state index in [0.717, 1.165) is 0 Å². The zero-order chi connectivity index (χ0) is 16.0. The minimum absolute atomic E-state index is 0.426. The highest BCUT2D eigenvalue weighted by atomic mass is 35.5. The van der Waals surface area contributed by atoms with Crippen LogP contribution in [0, 0.1) is 0 Å². The number of ether oxygens (including phenoxy) is 1. The first kappa shape index (κ1) is 18.2. The molecule has 0 fully saturated rings. The second-order valence-electron chi connectivity index (χ2n) is 5.45. The van der Waals surface area contributed by atoms with Crippen LogP contribution in [0.15, 0.2) is 12.1 Å². The third kappa shape index (κ3) is 7.11. The first-order chi connectivity index (χ1) is 9.69. The number of halogens is 3. The van der Waals surface area contributed by atoms with Crippen LogP contribution in [0.25, 0.3) is 0 Å². The number of hydrogen-bond donors (Lipinski definition) is 2. The number of carbonyl (C=O) groups is 1. The first-order valence-corrected chi connectivity index (χ1v) is 7.68. The first-order valence-electron chi connectivity index (χ1n) is 6.54. The molecule has 0 aliphatic heterocycles. The third-order valence-electron chi connectivity index (χ3n) is 2.33. The minimum atomic E-state index is -0.493. The third-order valence-corrected chi connectivity index (χ3v) is 3.14. The number of hydrogen-bond acceptors (Lipinski definition) is 3. The lowest BCUT2D eigenvalue weighted by molar-refractivity contribution is 0.0528. The fourth-order valence-corrected chi connectivity index (χ4v) is 2.47. The Kier molecular flexibility index (Phi) is 6.91. The topological polar surface area (TPSA) is 50.4 Å². The van der Waals surface area contributed by atoms with Crippen molar-refractivity contribution in [3.8, 4) is 0 Å². The molecule has 4 nitrogen and oxygen atoms in total. The Hall–Kier alpha value is -0.840. The van der Waals surface area contributed by atoms with Crippen LogP contribution in [0.1, 0.15) is 27.2 Å². The number of benzene rings is 1. The van der Waals surface area contributed by atoms with Gasteiger partial charge < -0.3 is 15.4 Å². The molecule has 0 spiro atoms. The van der Waals surface area contributed by atoms with Crippen LogP contribution in [0.4, 0.5) is 10.5 Å². The van der Waals surface area contributed by atoms with E-state index >= 15 is 0 Å². The summed E-state index contributed by atoms with van der Waals surface area (Å²) in [6.45, 7) is 6.55. The normalized spacial score (nSPS) is 11.1. The van der Waals surface area contributed by atoms with E-state index in [9.17, 15) is 4.79 Å². The SMILES string of the molecule is CC(C)(C)OC(=O)NCCCNc1c(Cl)cc(Cl)cc1Cl. The summed E-state index contributed by atoms with van der Waals surface area (Å²) in [5.74, 6) is 0. The summed E-state index contributed by atoms with van der Waals surface area (Å²) in [5.41, 5.74) is 0.146. The molecule has 1 rings (SSSR count). The molecule has 2 N–H and O–H groups in total. The van der Waals surface area contributed by atoms with Gasteiger partial charge in [0.15, 0.2) is 0 Å². The Labute approximate surface area is 140 Å². The number of alkyl carbamates (subject to hydrolysis) is 1. The zero-order valence-corrected chi connectivity index (χ0v) is 14.5. The van der Waals surface area contributed by atoms with Gasteiger partial charge in [-0.25, -0.2) is 4.79 Å². The van der Waals surface area contributed by atoms with E-state index in [1.165, 1.54) is 0 Å². The van der Waals surface area contributed by atoms with Crippen molar-refractivity contribution in [2.24, 2.45) is 0 Å². The van der Waals surface area contributed by atoms with Gasteiger partial charge in [0.2, 0.25) is 0 Å². The van der Waals surface area contributed by atoms with Crippen LogP contribution < -0.4 is 10.6 Å². The van der Waals surface area contributed by atoms with Crippen molar-refractivity contribution >= 4 is 46.6 Å². The highest BCUT2D eigenvalue weighted by Gasteiger charge is 2.15. The lowest BCUT2D eigenvalue weighted by Crippen LogP contribution is -2.33. The molecule has 0 saturated carbocycles. The maximum Gasteiger partial charge on any atom is 0.407 e. The molecule has 21 heavy (non-hydrogen) atoms. The molecule has 0 saturated heterocycles. The molecule has 0 atom stereocenters. The summed E-state index contributed by atoms with van der Waals surface area (Å²) >= 11 is 17.9. The minimum Gasteiger partial charge on any atom is -0.444 e. The quantitative estimate of drug-likeness (QED) is 0.734. The van der Waals surface area contributed by atoms with Crippen molar-refractivity contribution in [2.75, 3.05) is 18.4 Å². The lowest BCUT2D eigenvalue weighted by Gasteiger charge is -2.19. The fourth-order valence-electron chi connectivity index (χ4n) is 1.52. The van der Waals surface area contributed by atoms with Gasteiger partial charge in [-0.3, -0.25) is 0 Å². The Morgan fingerprint density at radius 1 is 1.14 bits per heavy atom. The summed E-state index contributed by atoms with van der Waals surface area (Å²) in [5, 5.41) is 7.21. The Balaban J connectivity index is 2.31. The number of anilines is 1.